The molecule has 1 heterocycles. The molecule has 0 unspecified atom stereocenters. The van der Waals surface area contributed by atoms with Crippen molar-refractivity contribution < 1.29 is 13.2 Å². The summed E-state index contributed by atoms with van der Waals surface area (Å²) in [5.74, 6) is 0. The molecule has 0 aliphatic carbocycles. The van der Waals surface area contributed by atoms with Gasteiger partial charge in [-0.1, -0.05) is 0 Å². The fourth-order valence-corrected chi connectivity index (χ4v) is 2.24. The van der Waals surface area contributed by atoms with Crippen LogP contribution in [0.5, 0.6) is 0 Å². The number of hydrogen-bond donors (Lipinski definition) is 0. The van der Waals surface area contributed by atoms with Crippen molar-refractivity contribution in [3.63, 3.8) is 0 Å². The fraction of sp³-hybridized carbons (Fsp3) is 0.333. The van der Waals surface area contributed by atoms with E-state index in [0.717, 1.165) is 17.8 Å². The Morgan fingerprint density at radius 1 is 1.00 bits per heavy atom. The Hall–Kier alpha value is -2.67. The van der Waals surface area contributed by atoms with Crippen molar-refractivity contribution in [2.75, 3.05) is 31.1 Å². The molecule has 1 aromatic rings. The zero-order valence-corrected chi connectivity index (χ0v) is 11.6. The number of halogens is 3. The first-order valence-corrected chi connectivity index (χ1v) is 6.62. The molecule has 0 N–H and O–H groups in total. The summed E-state index contributed by atoms with van der Waals surface area (Å²) in [6.07, 6.45) is -2.81. The molecule has 0 saturated carbocycles. The normalized spacial score (nSPS) is 15.0. The number of alkyl halides is 3. The smallest absolute Gasteiger partial charge is 0.372 e. The molecule has 0 spiro atoms. The van der Waals surface area contributed by atoms with Crippen LogP contribution in [0.2, 0.25) is 0 Å². The third kappa shape index (κ3) is 3.70. The summed E-state index contributed by atoms with van der Waals surface area (Å²) in [6.45, 7) is 2.44. The molecule has 0 amide bonds. The lowest BCUT2D eigenvalue weighted by molar-refractivity contribution is -0.137. The monoisotopic (exact) mass is 306 g/mol. The molecule has 2 rings (SSSR count). The Labute approximate surface area is 126 Å². The highest BCUT2D eigenvalue weighted by Crippen LogP contribution is 2.30. The van der Waals surface area contributed by atoms with Gasteiger partial charge >= 0.3 is 6.18 Å². The summed E-state index contributed by atoms with van der Waals surface area (Å²) in [5.41, 5.74) is 0.117. The van der Waals surface area contributed by atoms with Gasteiger partial charge in [-0.15, -0.1) is 0 Å². The van der Waals surface area contributed by atoms with Crippen LogP contribution in [0.25, 0.3) is 0 Å². The first-order valence-electron chi connectivity index (χ1n) is 6.62. The zero-order chi connectivity index (χ0) is 16.2. The Kier molecular flexibility index (Phi) is 4.57. The number of allylic oxidation sites excluding steroid dienone is 1. The average Bonchev–Trinajstić information content (AvgIpc) is 2.52. The average molecular weight is 306 g/mol. The van der Waals surface area contributed by atoms with Gasteiger partial charge in [0.05, 0.1) is 5.56 Å². The van der Waals surface area contributed by atoms with Crippen molar-refractivity contribution in [3.05, 3.63) is 41.6 Å². The van der Waals surface area contributed by atoms with Gasteiger partial charge in [0.15, 0.2) is 0 Å². The van der Waals surface area contributed by atoms with Crippen molar-refractivity contribution in [3.8, 4) is 12.1 Å². The minimum Gasteiger partial charge on any atom is -0.372 e. The standard InChI is InChI=1S/C15H13F3N4/c16-15(17,18)13-1-3-14(4-2-13)22-7-5-21(6-8-22)11-12(9-19)10-20/h1-4,11H,5-8H2. The first-order chi connectivity index (χ1) is 10.4. The van der Waals surface area contributed by atoms with E-state index in [-0.39, 0.29) is 5.57 Å². The molecular weight excluding hydrogens is 293 g/mol. The van der Waals surface area contributed by atoms with Gasteiger partial charge in [-0.05, 0) is 24.3 Å². The van der Waals surface area contributed by atoms with Gasteiger partial charge < -0.3 is 9.80 Å². The summed E-state index contributed by atoms with van der Waals surface area (Å²) in [5, 5.41) is 17.4. The second-order valence-electron chi connectivity index (χ2n) is 4.83. The minimum atomic E-state index is -4.33. The van der Waals surface area contributed by atoms with Crippen LogP contribution in [0.4, 0.5) is 18.9 Å². The summed E-state index contributed by atoms with van der Waals surface area (Å²) in [7, 11) is 0. The van der Waals surface area contributed by atoms with Gasteiger partial charge in [-0.3, -0.25) is 0 Å². The van der Waals surface area contributed by atoms with Crippen molar-refractivity contribution in [2.24, 2.45) is 0 Å². The van der Waals surface area contributed by atoms with E-state index in [4.69, 9.17) is 10.5 Å². The lowest BCUT2D eigenvalue weighted by Crippen LogP contribution is -2.44. The molecule has 0 bridgehead atoms. The molecule has 1 fully saturated rings. The number of nitrogens with zero attached hydrogens (tertiary/aromatic N) is 4. The van der Waals surface area contributed by atoms with E-state index in [0.29, 0.717) is 26.2 Å². The first kappa shape index (κ1) is 15.7. The molecule has 7 heteroatoms. The number of piperazine rings is 1. The predicted octanol–water partition coefficient (Wildman–Crippen LogP) is 2.76. The van der Waals surface area contributed by atoms with Crippen LogP contribution < -0.4 is 4.90 Å². The van der Waals surface area contributed by atoms with Crippen LogP contribution in [-0.4, -0.2) is 31.1 Å². The summed E-state index contributed by atoms with van der Waals surface area (Å²) < 4.78 is 37.6. The highest BCUT2D eigenvalue weighted by Gasteiger charge is 2.30. The minimum absolute atomic E-state index is 0.0444. The highest BCUT2D eigenvalue weighted by molar-refractivity contribution is 5.48. The van der Waals surface area contributed by atoms with Gasteiger partial charge in [0, 0.05) is 38.1 Å². The molecule has 0 atom stereocenters. The SMILES string of the molecule is N#CC(C#N)=CN1CCN(c2ccc(C(F)(F)F)cc2)CC1. The summed E-state index contributed by atoms with van der Waals surface area (Å²) in [4.78, 5) is 3.84. The number of benzene rings is 1. The Bertz CT molecular complexity index is 611. The van der Waals surface area contributed by atoms with Crippen LogP contribution in [0.15, 0.2) is 36.0 Å². The number of rotatable bonds is 2. The zero-order valence-electron chi connectivity index (χ0n) is 11.6. The molecule has 4 nitrogen and oxygen atoms in total. The predicted molar refractivity (Wildman–Crippen MR) is 74.5 cm³/mol. The van der Waals surface area contributed by atoms with Crippen LogP contribution in [0.1, 0.15) is 5.56 Å². The maximum atomic E-state index is 12.5. The van der Waals surface area contributed by atoms with E-state index in [2.05, 4.69) is 0 Å². The summed E-state index contributed by atoms with van der Waals surface area (Å²) >= 11 is 0. The van der Waals surface area contributed by atoms with Crippen molar-refractivity contribution in [1.82, 2.24) is 4.90 Å². The Balaban J connectivity index is 1.99. The van der Waals surface area contributed by atoms with Gasteiger partial charge in [-0.25, -0.2) is 0 Å². The fourth-order valence-electron chi connectivity index (χ4n) is 2.24. The third-order valence-corrected chi connectivity index (χ3v) is 3.43. The van der Waals surface area contributed by atoms with Crippen molar-refractivity contribution in [1.29, 1.82) is 10.5 Å². The molecule has 114 valence electrons. The number of nitriles is 2. The van der Waals surface area contributed by atoms with Crippen LogP contribution in [0.3, 0.4) is 0 Å². The van der Waals surface area contributed by atoms with Gasteiger partial charge in [-0.2, -0.15) is 23.7 Å². The van der Waals surface area contributed by atoms with Gasteiger partial charge in [0.25, 0.3) is 0 Å². The highest BCUT2D eigenvalue weighted by atomic mass is 19.4. The lowest BCUT2D eigenvalue weighted by Gasteiger charge is -2.35. The van der Waals surface area contributed by atoms with Crippen LogP contribution >= 0.6 is 0 Å². The molecule has 0 aromatic heterocycles. The van der Waals surface area contributed by atoms with E-state index in [1.165, 1.54) is 18.3 Å². The third-order valence-electron chi connectivity index (χ3n) is 3.43. The quantitative estimate of drug-likeness (QED) is 0.788. The largest absolute Gasteiger partial charge is 0.416 e. The van der Waals surface area contributed by atoms with E-state index >= 15 is 0 Å². The van der Waals surface area contributed by atoms with E-state index in [1.807, 2.05) is 9.80 Å². The topological polar surface area (TPSA) is 54.1 Å². The number of anilines is 1. The van der Waals surface area contributed by atoms with E-state index < -0.39 is 11.7 Å². The van der Waals surface area contributed by atoms with Crippen LogP contribution in [-0.2, 0) is 6.18 Å². The second-order valence-corrected chi connectivity index (χ2v) is 4.83. The maximum Gasteiger partial charge on any atom is 0.416 e. The van der Waals surface area contributed by atoms with Gasteiger partial charge in [0.2, 0.25) is 0 Å². The summed E-state index contributed by atoms with van der Waals surface area (Å²) in [6, 6.07) is 8.68. The van der Waals surface area contributed by atoms with Crippen molar-refractivity contribution >= 4 is 5.69 Å². The van der Waals surface area contributed by atoms with Crippen molar-refractivity contribution in [2.45, 2.75) is 6.18 Å². The molecule has 1 aliphatic rings. The molecule has 1 aromatic carbocycles. The molecule has 22 heavy (non-hydrogen) atoms. The van der Waals surface area contributed by atoms with Crippen LogP contribution in [0, 0.1) is 22.7 Å². The molecule has 1 aliphatic heterocycles. The maximum absolute atomic E-state index is 12.5. The molecule has 0 radical (unpaired) electrons. The Morgan fingerprint density at radius 3 is 2.00 bits per heavy atom. The molecular formula is C15H13F3N4. The van der Waals surface area contributed by atoms with E-state index in [9.17, 15) is 13.2 Å². The number of hydrogen-bond acceptors (Lipinski definition) is 4. The Morgan fingerprint density at radius 2 is 1.55 bits per heavy atom. The van der Waals surface area contributed by atoms with E-state index in [1.54, 1.807) is 12.1 Å². The lowest BCUT2D eigenvalue weighted by atomic mass is 10.1. The molecule has 1 saturated heterocycles. The second kappa shape index (κ2) is 6.40. The van der Waals surface area contributed by atoms with Gasteiger partial charge in [0.1, 0.15) is 17.7 Å².